The van der Waals surface area contributed by atoms with Gasteiger partial charge in [-0.2, -0.15) is 0 Å². The molecule has 0 radical (unpaired) electrons. The maximum absolute atomic E-state index is 12.6. The summed E-state index contributed by atoms with van der Waals surface area (Å²) in [4.78, 5) is 29.2. The number of hydrogen-bond donors (Lipinski definition) is 1. The molecule has 0 aliphatic heterocycles. The number of aromatic nitrogens is 1. The fourth-order valence-corrected chi connectivity index (χ4v) is 2.69. The van der Waals surface area contributed by atoms with Crippen molar-refractivity contribution in [2.24, 2.45) is 0 Å². The Morgan fingerprint density at radius 2 is 1.65 bits per heavy atom. The van der Waals surface area contributed by atoms with Crippen LogP contribution < -0.4 is 5.32 Å². The lowest BCUT2D eigenvalue weighted by Crippen LogP contribution is -2.28. The van der Waals surface area contributed by atoms with E-state index in [9.17, 15) is 9.59 Å². The third kappa shape index (κ3) is 4.22. The van der Waals surface area contributed by atoms with Crippen LogP contribution >= 0.6 is 0 Å². The molecular formula is C22H20N2O2. The standard InChI is InChI=1S/C22H20N2O2/c1-16(22(26)24-15-20-12-5-6-13-23-20)18-10-7-11-19(14-18)21(25)17-8-3-2-4-9-17/h2-14,16H,15H2,1H3,(H,24,26). The van der Waals surface area contributed by atoms with Crippen LogP contribution in [-0.4, -0.2) is 16.7 Å². The van der Waals surface area contributed by atoms with Gasteiger partial charge in [0.2, 0.25) is 5.91 Å². The first-order chi connectivity index (χ1) is 12.6. The Hall–Kier alpha value is -3.27. The van der Waals surface area contributed by atoms with E-state index in [4.69, 9.17) is 0 Å². The highest BCUT2D eigenvalue weighted by molar-refractivity contribution is 6.09. The monoisotopic (exact) mass is 344 g/mol. The third-order valence-corrected chi connectivity index (χ3v) is 4.25. The number of amides is 1. The van der Waals surface area contributed by atoms with E-state index in [-0.39, 0.29) is 17.6 Å². The van der Waals surface area contributed by atoms with Gasteiger partial charge in [-0.15, -0.1) is 0 Å². The second kappa shape index (κ2) is 8.21. The van der Waals surface area contributed by atoms with Gasteiger partial charge in [0.1, 0.15) is 0 Å². The maximum Gasteiger partial charge on any atom is 0.227 e. The number of carbonyl (C=O) groups is 2. The largest absolute Gasteiger partial charge is 0.350 e. The highest BCUT2D eigenvalue weighted by atomic mass is 16.1. The summed E-state index contributed by atoms with van der Waals surface area (Å²) in [7, 11) is 0. The van der Waals surface area contributed by atoms with Crippen molar-refractivity contribution in [1.82, 2.24) is 10.3 Å². The molecule has 1 N–H and O–H groups in total. The van der Waals surface area contributed by atoms with Crippen LogP contribution in [-0.2, 0) is 11.3 Å². The first kappa shape index (κ1) is 17.5. The summed E-state index contributed by atoms with van der Waals surface area (Å²) >= 11 is 0. The van der Waals surface area contributed by atoms with Gasteiger partial charge >= 0.3 is 0 Å². The molecule has 3 rings (SSSR count). The van der Waals surface area contributed by atoms with Crippen LogP contribution in [0.3, 0.4) is 0 Å². The molecule has 1 aromatic heterocycles. The number of pyridine rings is 1. The summed E-state index contributed by atoms with van der Waals surface area (Å²) in [5.41, 5.74) is 2.83. The number of rotatable bonds is 6. The molecule has 2 aromatic carbocycles. The summed E-state index contributed by atoms with van der Waals surface area (Å²) in [6.07, 6.45) is 1.70. The molecule has 4 nitrogen and oxygen atoms in total. The highest BCUT2D eigenvalue weighted by Gasteiger charge is 2.17. The van der Waals surface area contributed by atoms with Crippen LogP contribution in [0.2, 0.25) is 0 Å². The van der Waals surface area contributed by atoms with Crippen LogP contribution in [0.15, 0.2) is 79.0 Å². The summed E-state index contributed by atoms with van der Waals surface area (Å²) in [5, 5.41) is 2.89. The zero-order valence-electron chi connectivity index (χ0n) is 14.6. The molecule has 26 heavy (non-hydrogen) atoms. The SMILES string of the molecule is CC(C(=O)NCc1ccccn1)c1cccc(C(=O)c2ccccc2)c1. The van der Waals surface area contributed by atoms with Crippen molar-refractivity contribution < 1.29 is 9.59 Å². The lowest BCUT2D eigenvalue weighted by molar-refractivity contribution is -0.122. The van der Waals surface area contributed by atoms with E-state index in [1.54, 1.807) is 30.5 Å². The minimum absolute atomic E-state index is 0.0476. The van der Waals surface area contributed by atoms with E-state index in [0.29, 0.717) is 17.7 Å². The molecule has 0 bridgehead atoms. The Labute approximate surface area is 152 Å². The van der Waals surface area contributed by atoms with Gasteiger partial charge in [0.05, 0.1) is 18.2 Å². The van der Waals surface area contributed by atoms with Crippen molar-refractivity contribution >= 4 is 11.7 Å². The summed E-state index contributed by atoms with van der Waals surface area (Å²) in [6.45, 7) is 2.21. The second-order valence-corrected chi connectivity index (χ2v) is 6.08. The van der Waals surface area contributed by atoms with Gasteiger partial charge in [0.15, 0.2) is 5.78 Å². The summed E-state index contributed by atoms with van der Waals surface area (Å²) in [5.74, 6) is -0.504. The Balaban J connectivity index is 1.70. The van der Waals surface area contributed by atoms with Crippen LogP contribution in [0.25, 0.3) is 0 Å². The van der Waals surface area contributed by atoms with Gasteiger partial charge in [0.25, 0.3) is 0 Å². The first-order valence-corrected chi connectivity index (χ1v) is 8.52. The van der Waals surface area contributed by atoms with E-state index >= 15 is 0 Å². The van der Waals surface area contributed by atoms with Crippen molar-refractivity contribution in [2.45, 2.75) is 19.4 Å². The van der Waals surface area contributed by atoms with E-state index in [1.165, 1.54) is 0 Å². The van der Waals surface area contributed by atoms with Crippen LogP contribution in [0, 0.1) is 0 Å². The van der Waals surface area contributed by atoms with Crippen molar-refractivity contribution in [3.05, 3.63) is 101 Å². The van der Waals surface area contributed by atoms with Gasteiger partial charge in [0, 0.05) is 17.3 Å². The molecular weight excluding hydrogens is 324 g/mol. The lowest BCUT2D eigenvalue weighted by atomic mass is 9.95. The number of carbonyl (C=O) groups excluding carboxylic acids is 2. The molecule has 1 amide bonds. The van der Waals surface area contributed by atoms with Gasteiger partial charge in [-0.1, -0.05) is 54.6 Å². The Morgan fingerprint density at radius 3 is 2.38 bits per heavy atom. The molecule has 130 valence electrons. The number of nitrogens with one attached hydrogen (secondary N) is 1. The molecule has 0 spiro atoms. The molecule has 1 unspecified atom stereocenters. The quantitative estimate of drug-likeness (QED) is 0.693. The van der Waals surface area contributed by atoms with Crippen molar-refractivity contribution in [3.8, 4) is 0 Å². The molecule has 0 saturated heterocycles. The average molecular weight is 344 g/mol. The molecule has 3 aromatic rings. The fraction of sp³-hybridized carbons (Fsp3) is 0.136. The molecule has 0 aliphatic carbocycles. The predicted molar refractivity (Wildman–Crippen MR) is 101 cm³/mol. The Bertz CT molecular complexity index is 892. The van der Waals surface area contributed by atoms with Crippen LogP contribution in [0.5, 0.6) is 0 Å². The first-order valence-electron chi connectivity index (χ1n) is 8.52. The summed E-state index contributed by atoms with van der Waals surface area (Å²) in [6, 6.07) is 22.0. The molecule has 1 atom stereocenters. The van der Waals surface area contributed by atoms with E-state index < -0.39 is 0 Å². The van der Waals surface area contributed by atoms with E-state index in [2.05, 4.69) is 10.3 Å². The number of ketones is 1. The lowest BCUT2D eigenvalue weighted by Gasteiger charge is -2.13. The topological polar surface area (TPSA) is 59.1 Å². The molecule has 4 heteroatoms. The van der Waals surface area contributed by atoms with Crippen molar-refractivity contribution in [2.75, 3.05) is 0 Å². The number of benzene rings is 2. The minimum atomic E-state index is -0.359. The smallest absolute Gasteiger partial charge is 0.227 e. The van der Waals surface area contributed by atoms with Gasteiger partial charge in [-0.25, -0.2) is 0 Å². The maximum atomic E-state index is 12.6. The highest BCUT2D eigenvalue weighted by Crippen LogP contribution is 2.19. The minimum Gasteiger partial charge on any atom is -0.350 e. The van der Waals surface area contributed by atoms with Crippen molar-refractivity contribution in [1.29, 1.82) is 0 Å². The third-order valence-electron chi connectivity index (χ3n) is 4.25. The predicted octanol–water partition coefficient (Wildman–Crippen LogP) is 3.73. The molecule has 0 fully saturated rings. The fourth-order valence-electron chi connectivity index (χ4n) is 2.69. The van der Waals surface area contributed by atoms with Crippen LogP contribution in [0.4, 0.5) is 0 Å². The van der Waals surface area contributed by atoms with Crippen molar-refractivity contribution in [3.63, 3.8) is 0 Å². The second-order valence-electron chi connectivity index (χ2n) is 6.08. The average Bonchev–Trinajstić information content (AvgIpc) is 2.72. The number of nitrogens with zero attached hydrogens (tertiary/aromatic N) is 1. The van der Waals surface area contributed by atoms with Gasteiger partial charge in [-0.05, 0) is 30.7 Å². The van der Waals surface area contributed by atoms with E-state index in [0.717, 1.165) is 11.3 Å². The number of hydrogen-bond acceptors (Lipinski definition) is 3. The molecule has 1 heterocycles. The molecule has 0 saturated carbocycles. The van der Waals surface area contributed by atoms with Gasteiger partial charge in [-0.3, -0.25) is 14.6 Å². The molecule has 0 aliphatic rings. The Kier molecular flexibility index (Phi) is 5.54. The zero-order chi connectivity index (χ0) is 18.4. The summed E-state index contributed by atoms with van der Waals surface area (Å²) < 4.78 is 0. The van der Waals surface area contributed by atoms with E-state index in [1.807, 2.05) is 55.5 Å². The van der Waals surface area contributed by atoms with Gasteiger partial charge < -0.3 is 5.32 Å². The normalized spacial score (nSPS) is 11.6. The zero-order valence-corrected chi connectivity index (χ0v) is 14.6. The van der Waals surface area contributed by atoms with Crippen LogP contribution in [0.1, 0.15) is 40.0 Å². The Morgan fingerprint density at radius 1 is 0.923 bits per heavy atom.